The number of methoxy groups -OCH3 is 3. The number of benzene rings is 2. The monoisotopic (exact) mass is 559 g/mol. The molecule has 0 saturated heterocycles. The molecule has 0 aromatic heterocycles. The van der Waals surface area contributed by atoms with E-state index >= 15 is 0 Å². The largest absolute Gasteiger partial charge is 0.496 e. The summed E-state index contributed by atoms with van der Waals surface area (Å²) in [4.78, 5) is 38.8. The summed E-state index contributed by atoms with van der Waals surface area (Å²) in [5.41, 5.74) is 0.909. The van der Waals surface area contributed by atoms with Gasteiger partial charge in [-0.1, -0.05) is 41.6 Å². The topological polar surface area (TPSA) is 136 Å². The van der Waals surface area contributed by atoms with Crippen molar-refractivity contribution in [1.29, 1.82) is 5.26 Å². The van der Waals surface area contributed by atoms with Gasteiger partial charge in [-0.2, -0.15) is 5.26 Å². The van der Waals surface area contributed by atoms with E-state index in [0.717, 1.165) is 11.8 Å². The first-order chi connectivity index (χ1) is 18.3. The fourth-order valence-electron chi connectivity index (χ4n) is 3.97. The third-order valence-electron chi connectivity index (χ3n) is 5.64. The number of nitrogens with zero attached hydrogens (tertiary/aromatic N) is 1. The summed E-state index contributed by atoms with van der Waals surface area (Å²) < 4.78 is 21.1. The molecule has 2 atom stereocenters. The van der Waals surface area contributed by atoms with Gasteiger partial charge in [0.2, 0.25) is 11.8 Å². The first-order valence-electron chi connectivity index (χ1n) is 11.4. The minimum absolute atomic E-state index is 0.0631. The van der Waals surface area contributed by atoms with E-state index in [0.29, 0.717) is 33.5 Å². The molecule has 10 nitrogen and oxygen atoms in total. The van der Waals surface area contributed by atoms with Gasteiger partial charge < -0.3 is 29.6 Å². The lowest BCUT2D eigenvalue weighted by atomic mass is 9.78. The number of halogens is 1. The van der Waals surface area contributed by atoms with Gasteiger partial charge in [0.25, 0.3) is 0 Å². The maximum Gasteiger partial charge on any atom is 0.319 e. The van der Waals surface area contributed by atoms with Crippen molar-refractivity contribution in [3.8, 4) is 23.3 Å². The standard InChI is InChI=1S/C26H26ClN3O7S/c1-5-37-26(33)23-22(14-8-6-7-9-18(14)34-2)15(12-28)25(30-24(23)32)38-13-21(31)29-17-11-19(35-3)16(27)10-20(17)36-4/h6-11,22-23H,5,13H2,1-4H3,(H,29,31)(H,30,32)/t22-,23-/m1/s1. The van der Waals surface area contributed by atoms with E-state index in [1.807, 2.05) is 0 Å². The Morgan fingerprint density at radius 1 is 1.11 bits per heavy atom. The normalized spacial score (nSPS) is 16.7. The minimum Gasteiger partial charge on any atom is -0.496 e. The number of anilines is 1. The SMILES string of the molecule is CCOC(=O)[C@H]1C(=O)NC(SCC(=O)Nc2cc(OC)c(Cl)cc2OC)=C(C#N)[C@H]1c1ccccc1OC. The number of thioether (sulfide) groups is 1. The van der Waals surface area contributed by atoms with Gasteiger partial charge >= 0.3 is 5.97 Å². The molecule has 2 aromatic rings. The van der Waals surface area contributed by atoms with Crippen molar-refractivity contribution >= 4 is 46.8 Å². The number of hydrogen-bond acceptors (Lipinski definition) is 9. The highest BCUT2D eigenvalue weighted by molar-refractivity contribution is 8.03. The second kappa shape index (κ2) is 13.1. The van der Waals surface area contributed by atoms with Gasteiger partial charge in [0.1, 0.15) is 23.2 Å². The number of carbonyl (C=O) groups is 3. The number of allylic oxidation sites excluding steroid dienone is 1. The maximum absolute atomic E-state index is 13.1. The number of carbonyl (C=O) groups excluding carboxylic acids is 3. The Bertz CT molecular complexity index is 1310. The van der Waals surface area contributed by atoms with Crippen LogP contribution in [0.3, 0.4) is 0 Å². The van der Waals surface area contributed by atoms with Crippen LogP contribution < -0.4 is 24.8 Å². The van der Waals surface area contributed by atoms with Crippen LogP contribution >= 0.6 is 23.4 Å². The Morgan fingerprint density at radius 2 is 1.79 bits per heavy atom. The highest BCUT2D eigenvalue weighted by atomic mass is 35.5. The molecule has 0 bridgehead atoms. The van der Waals surface area contributed by atoms with Crippen molar-refractivity contribution < 1.29 is 33.3 Å². The van der Waals surface area contributed by atoms with Gasteiger partial charge in [-0.05, 0) is 13.0 Å². The number of nitrogens with one attached hydrogen (secondary N) is 2. The predicted molar refractivity (Wildman–Crippen MR) is 142 cm³/mol. The molecule has 0 spiro atoms. The van der Waals surface area contributed by atoms with Gasteiger partial charge in [0, 0.05) is 23.6 Å². The Hall–Kier alpha value is -3.88. The average molecular weight is 560 g/mol. The van der Waals surface area contributed by atoms with Crippen molar-refractivity contribution in [2.24, 2.45) is 5.92 Å². The zero-order valence-corrected chi connectivity index (χ0v) is 22.7. The number of rotatable bonds is 10. The van der Waals surface area contributed by atoms with Crippen molar-refractivity contribution in [2.75, 3.05) is 39.0 Å². The number of amides is 2. The fourth-order valence-corrected chi connectivity index (χ4v) is 5.05. The second-order valence-corrected chi connectivity index (χ2v) is 9.21. The van der Waals surface area contributed by atoms with Gasteiger partial charge in [-0.3, -0.25) is 14.4 Å². The molecule has 1 heterocycles. The van der Waals surface area contributed by atoms with E-state index in [1.165, 1.54) is 33.5 Å². The highest BCUT2D eigenvalue weighted by Crippen LogP contribution is 2.43. The Morgan fingerprint density at radius 3 is 2.42 bits per heavy atom. The molecule has 2 N–H and O–H groups in total. The fraction of sp³-hybridized carbons (Fsp3) is 0.308. The number of nitriles is 1. The lowest BCUT2D eigenvalue weighted by Crippen LogP contribution is -2.44. The molecule has 1 aliphatic heterocycles. The summed E-state index contributed by atoms with van der Waals surface area (Å²) in [5, 5.41) is 15.9. The van der Waals surface area contributed by atoms with E-state index in [9.17, 15) is 19.6 Å². The van der Waals surface area contributed by atoms with Crippen molar-refractivity contribution in [1.82, 2.24) is 5.32 Å². The minimum atomic E-state index is -1.31. The van der Waals surface area contributed by atoms with E-state index in [2.05, 4.69) is 16.7 Å². The van der Waals surface area contributed by atoms with Crippen molar-refractivity contribution in [2.45, 2.75) is 12.8 Å². The van der Waals surface area contributed by atoms with Gasteiger partial charge in [0.15, 0.2) is 0 Å². The van der Waals surface area contributed by atoms with Crippen LogP contribution in [0.1, 0.15) is 18.4 Å². The Kier molecular flexibility index (Phi) is 9.87. The van der Waals surface area contributed by atoms with Crippen LogP contribution in [0.25, 0.3) is 0 Å². The summed E-state index contributed by atoms with van der Waals surface area (Å²) in [5.74, 6) is -3.25. The lowest BCUT2D eigenvalue weighted by molar-refractivity contribution is -0.152. The van der Waals surface area contributed by atoms with Crippen LogP contribution in [-0.4, -0.2) is 51.5 Å². The second-order valence-electron chi connectivity index (χ2n) is 7.82. The molecule has 38 heavy (non-hydrogen) atoms. The van der Waals surface area contributed by atoms with Crippen LogP contribution in [0.2, 0.25) is 5.02 Å². The maximum atomic E-state index is 13.1. The van der Waals surface area contributed by atoms with Gasteiger partial charge in [-0.15, -0.1) is 0 Å². The van der Waals surface area contributed by atoms with E-state index in [-0.39, 0.29) is 23.0 Å². The molecule has 0 unspecified atom stereocenters. The molecular weight excluding hydrogens is 534 g/mol. The summed E-state index contributed by atoms with van der Waals surface area (Å²) in [6, 6.07) is 12.0. The quantitative estimate of drug-likeness (QED) is 0.328. The predicted octanol–water partition coefficient (Wildman–Crippen LogP) is 3.87. The third kappa shape index (κ3) is 6.15. The molecule has 200 valence electrons. The van der Waals surface area contributed by atoms with E-state index < -0.39 is 29.6 Å². The molecule has 2 aromatic carbocycles. The summed E-state index contributed by atoms with van der Waals surface area (Å²) in [7, 11) is 4.33. The summed E-state index contributed by atoms with van der Waals surface area (Å²) >= 11 is 7.07. The zero-order valence-electron chi connectivity index (χ0n) is 21.1. The highest BCUT2D eigenvalue weighted by Gasteiger charge is 2.45. The first-order valence-corrected chi connectivity index (χ1v) is 12.7. The van der Waals surface area contributed by atoms with E-state index in [4.69, 9.17) is 30.5 Å². The van der Waals surface area contributed by atoms with Crippen LogP contribution in [-0.2, 0) is 19.1 Å². The molecule has 12 heteroatoms. The van der Waals surface area contributed by atoms with Crippen LogP contribution in [0, 0.1) is 17.2 Å². The van der Waals surface area contributed by atoms with Crippen molar-refractivity contribution in [3.05, 3.63) is 57.6 Å². The Balaban J connectivity index is 1.94. The molecule has 0 aliphatic carbocycles. The number of para-hydroxylation sites is 1. The van der Waals surface area contributed by atoms with Gasteiger partial charge in [-0.25, -0.2) is 0 Å². The summed E-state index contributed by atoms with van der Waals surface area (Å²) in [6.07, 6.45) is 0. The molecule has 2 amide bonds. The first kappa shape index (κ1) is 28.7. The molecule has 1 aliphatic rings. The molecular formula is C26H26ClN3O7S. The molecule has 0 radical (unpaired) electrons. The third-order valence-corrected chi connectivity index (χ3v) is 6.95. The average Bonchev–Trinajstić information content (AvgIpc) is 2.92. The molecule has 0 fully saturated rings. The van der Waals surface area contributed by atoms with Crippen molar-refractivity contribution in [3.63, 3.8) is 0 Å². The van der Waals surface area contributed by atoms with Crippen LogP contribution in [0.5, 0.6) is 17.2 Å². The van der Waals surface area contributed by atoms with Crippen LogP contribution in [0.15, 0.2) is 47.0 Å². The number of hydrogen-bond donors (Lipinski definition) is 2. The smallest absolute Gasteiger partial charge is 0.319 e. The van der Waals surface area contributed by atoms with Crippen LogP contribution in [0.4, 0.5) is 5.69 Å². The number of ether oxygens (including phenoxy) is 4. The molecule has 0 saturated carbocycles. The number of esters is 1. The van der Waals surface area contributed by atoms with Gasteiger partial charge in [0.05, 0.1) is 61.1 Å². The summed E-state index contributed by atoms with van der Waals surface area (Å²) in [6.45, 7) is 1.69. The Labute approximate surface area is 229 Å². The van der Waals surface area contributed by atoms with E-state index in [1.54, 1.807) is 31.2 Å². The zero-order chi connectivity index (χ0) is 27.8. The lowest BCUT2D eigenvalue weighted by Gasteiger charge is -2.31. The molecule has 3 rings (SSSR count).